The van der Waals surface area contributed by atoms with Crippen molar-refractivity contribution < 1.29 is 22.8 Å². The van der Waals surface area contributed by atoms with Crippen LogP contribution in [0.25, 0.3) is 0 Å². The molecule has 2 aliphatic rings. The second kappa shape index (κ2) is 8.92. The summed E-state index contributed by atoms with van der Waals surface area (Å²) in [6.45, 7) is 1.54. The summed E-state index contributed by atoms with van der Waals surface area (Å²) in [5.74, 6) is -0.352. The van der Waals surface area contributed by atoms with Gasteiger partial charge in [-0.15, -0.1) is 0 Å². The Kier molecular flexibility index (Phi) is 6.22. The molecule has 2 aromatic rings. The lowest BCUT2D eigenvalue weighted by atomic mass is 9.90. The van der Waals surface area contributed by atoms with Crippen molar-refractivity contribution in [3.63, 3.8) is 0 Å². The van der Waals surface area contributed by atoms with Gasteiger partial charge in [-0.3, -0.25) is 14.6 Å². The highest BCUT2D eigenvalue weighted by molar-refractivity contribution is 5.94. The highest BCUT2D eigenvalue weighted by Crippen LogP contribution is 2.59. The van der Waals surface area contributed by atoms with Crippen molar-refractivity contribution in [3.05, 3.63) is 65.5 Å². The van der Waals surface area contributed by atoms with Crippen LogP contribution < -0.4 is 5.32 Å². The highest BCUT2D eigenvalue weighted by Gasteiger charge is 2.58. The van der Waals surface area contributed by atoms with Crippen LogP contribution in [0, 0.1) is 11.3 Å². The molecule has 1 aliphatic heterocycles. The Balaban J connectivity index is 1.23. The number of benzene rings is 1. The molecule has 5 nitrogen and oxygen atoms in total. The largest absolute Gasteiger partial charge is 0.416 e. The molecule has 170 valence electrons. The number of aryl methyl sites for hydroxylation is 1. The molecule has 1 aromatic heterocycles. The fourth-order valence-corrected chi connectivity index (χ4v) is 4.61. The third-order valence-electron chi connectivity index (χ3n) is 6.68. The first-order chi connectivity index (χ1) is 15.3. The van der Waals surface area contributed by atoms with Crippen molar-refractivity contribution in [1.82, 2.24) is 15.2 Å². The zero-order valence-corrected chi connectivity index (χ0v) is 17.7. The van der Waals surface area contributed by atoms with Crippen LogP contribution >= 0.6 is 0 Å². The number of pyridine rings is 1. The molecular formula is C24H26F3N3O2. The maximum atomic E-state index is 12.9. The number of rotatable bonds is 6. The molecule has 2 fully saturated rings. The number of likely N-dealkylation sites (tertiary alicyclic amines) is 1. The van der Waals surface area contributed by atoms with E-state index in [0.29, 0.717) is 32.5 Å². The zero-order valence-electron chi connectivity index (χ0n) is 17.7. The second-order valence-corrected chi connectivity index (χ2v) is 8.74. The number of hydrogen-bond donors (Lipinski definition) is 1. The Hall–Kier alpha value is -2.90. The maximum absolute atomic E-state index is 12.9. The van der Waals surface area contributed by atoms with Gasteiger partial charge in [0.2, 0.25) is 5.91 Å². The van der Waals surface area contributed by atoms with Crippen LogP contribution in [-0.4, -0.2) is 41.3 Å². The minimum atomic E-state index is -4.48. The van der Waals surface area contributed by atoms with E-state index >= 15 is 0 Å². The third-order valence-corrected chi connectivity index (χ3v) is 6.68. The van der Waals surface area contributed by atoms with E-state index in [1.54, 1.807) is 17.3 Å². The first-order valence-electron chi connectivity index (χ1n) is 10.9. The lowest BCUT2D eigenvalue weighted by Gasteiger charge is -2.33. The fourth-order valence-electron chi connectivity index (χ4n) is 4.61. The maximum Gasteiger partial charge on any atom is 0.416 e. The van der Waals surface area contributed by atoms with E-state index in [1.807, 2.05) is 12.1 Å². The molecule has 1 atom stereocenters. The molecular weight excluding hydrogens is 419 g/mol. The van der Waals surface area contributed by atoms with Gasteiger partial charge in [0.15, 0.2) is 0 Å². The number of carbonyl (C=O) groups excluding carboxylic acids is 2. The topological polar surface area (TPSA) is 62.3 Å². The summed E-state index contributed by atoms with van der Waals surface area (Å²) in [5.41, 5.74) is 0.351. The van der Waals surface area contributed by atoms with Crippen LogP contribution in [0.15, 0.2) is 48.8 Å². The van der Waals surface area contributed by atoms with Crippen molar-refractivity contribution in [2.75, 3.05) is 19.6 Å². The molecule has 0 bridgehead atoms. The average Bonchev–Trinajstić information content (AvgIpc) is 3.50. The van der Waals surface area contributed by atoms with Crippen molar-refractivity contribution in [2.45, 2.75) is 38.3 Å². The van der Waals surface area contributed by atoms with E-state index < -0.39 is 11.7 Å². The van der Waals surface area contributed by atoms with Crippen molar-refractivity contribution in [2.24, 2.45) is 11.3 Å². The molecule has 1 aliphatic carbocycles. The molecule has 1 N–H and O–H groups in total. The van der Waals surface area contributed by atoms with Gasteiger partial charge in [-0.05, 0) is 73.4 Å². The number of piperidine rings is 1. The molecule has 4 rings (SSSR count). The Labute approximate surface area is 185 Å². The van der Waals surface area contributed by atoms with Gasteiger partial charge in [-0.1, -0.05) is 6.07 Å². The molecule has 1 unspecified atom stereocenters. The van der Waals surface area contributed by atoms with Gasteiger partial charge in [0.05, 0.1) is 5.56 Å². The second-order valence-electron chi connectivity index (χ2n) is 8.74. The summed E-state index contributed by atoms with van der Waals surface area (Å²) < 4.78 is 38.8. The smallest absolute Gasteiger partial charge is 0.356 e. The molecule has 8 heteroatoms. The summed E-state index contributed by atoms with van der Waals surface area (Å²) in [4.78, 5) is 30.8. The van der Waals surface area contributed by atoms with Gasteiger partial charge in [-0.2, -0.15) is 13.2 Å². The summed E-state index contributed by atoms with van der Waals surface area (Å²) in [6.07, 6.45) is 2.99. The minimum Gasteiger partial charge on any atom is -0.356 e. The Morgan fingerprint density at radius 2 is 1.84 bits per heavy atom. The van der Waals surface area contributed by atoms with Crippen molar-refractivity contribution in [3.8, 4) is 0 Å². The molecule has 2 heterocycles. The van der Waals surface area contributed by atoms with Gasteiger partial charge in [0.25, 0.3) is 5.91 Å². The molecule has 0 radical (unpaired) electrons. The van der Waals surface area contributed by atoms with Gasteiger partial charge < -0.3 is 10.2 Å². The standard InChI is InChI=1S/C24H26F3N3O2/c25-24(26,27)19-5-1-4-18(15-19)22(32)30-13-8-23(9-14-30)16-20(23)21(31)29-10-2-3-17-6-11-28-12-7-17/h1,4-7,11-12,15,20H,2-3,8-10,13-14,16H2,(H,29,31). The van der Waals surface area contributed by atoms with Gasteiger partial charge in [0.1, 0.15) is 0 Å². The molecule has 1 saturated carbocycles. The molecule has 2 amide bonds. The predicted molar refractivity (Wildman–Crippen MR) is 113 cm³/mol. The monoisotopic (exact) mass is 445 g/mol. The number of carbonyl (C=O) groups is 2. The summed E-state index contributed by atoms with van der Waals surface area (Å²) in [7, 11) is 0. The number of nitrogens with one attached hydrogen (secondary N) is 1. The van der Waals surface area contributed by atoms with Crippen molar-refractivity contribution in [1.29, 1.82) is 0 Å². The minimum absolute atomic E-state index is 0.0331. The van der Waals surface area contributed by atoms with Crippen LogP contribution in [-0.2, 0) is 17.4 Å². The molecule has 1 aromatic carbocycles. The number of aromatic nitrogens is 1. The van der Waals surface area contributed by atoms with Gasteiger partial charge in [-0.25, -0.2) is 0 Å². The van der Waals surface area contributed by atoms with Gasteiger partial charge >= 0.3 is 6.18 Å². The zero-order chi connectivity index (χ0) is 22.8. The number of amides is 2. The van der Waals surface area contributed by atoms with E-state index in [1.165, 1.54) is 17.7 Å². The SMILES string of the molecule is O=C(NCCCc1ccncc1)C1CC12CCN(C(=O)c1cccc(C(F)(F)F)c1)CC2. The van der Waals surface area contributed by atoms with Crippen LogP contribution in [0.5, 0.6) is 0 Å². The van der Waals surface area contributed by atoms with Crippen molar-refractivity contribution >= 4 is 11.8 Å². The third kappa shape index (κ3) is 4.95. The first kappa shape index (κ1) is 22.3. The average molecular weight is 445 g/mol. The summed E-state index contributed by atoms with van der Waals surface area (Å²) in [6, 6.07) is 8.48. The Morgan fingerprint density at radius 1 is 1.12 bits per heavy atom. The van der Waals surface area contributed by atoms with Crippen LogP contribution in [0.2, 0.25) is 0 Å². The van der Waals surface area contributed by atoms with E-state index in [9.17, 15) is 22.8 Å². The number of halogens is 3. The first-order valence-corrected chi connectivity index (χ1v) is 10.9. The van der Waals surface area contributed by atoms with Gasteiger partial charge in [0, 0.05) is 43.5 Å². The lowest BCUT2D eigenvalue weighted by molar-refractivity contribution is -0.137. The Morgan fingerprint density at radius 3 is 2.53 bits per heavy atom. The normalized spacial score (nSPS) is 19.6. The number of nitrogens with zero attached hydrogens (tertiary/aromatic N) is 2. The highest BCUT2D eigenvalue weighted by atomic mass is 19.4. The van der Waals surface area contributed by atoms with Crippen LogP contribution in [0.1, 0.15) is 47.2 Å². The predicted octanol–water partition coefficient (Wildman–Crippen LogP) is 4.09. The fraction of sp³-hybridized carbons (Fsp3) is 0.458. The molecule has 32 heavy (non-hydrogen) atoms. The summed E-state index contributed by atoms with van der Waals surface area (Å²) in [5, 5.41) is 3.02. The van der Waals surface area contributed by atoms with E-state index in [-0.39, 0.29) is 28.7 Å². The lowest BCUT2D eigenvalue weighted by Crippen LogP contribution is -2.40. The molecule has 1 saturated heterocycles. The number of hydrogen-bond acceptors (Lipinski definition) is 3. The van der Waals surface area contributed by atoms with E-state index in [0.717, 1.165) is 31.4 Å². The summed E-state index contributed by atoms with van der Waals surface area (Å²) >= 11 is 0. The van der Waals surface area contributed by atoms with E-state index in [2.05, 4.69) is 10.3 Å². The van der Waals surface area contributed by atoms with Crippen LogP contribution in [0.3, 0.4) is 0 Å². The van der Waals surface area contributed by atoms with Crippen LogP contribution in [0.4, 0.5) is 13.2 Å². The number of alkyl halides is 3. The molecule has 1 spiro atoms. The van der Waals surface area contributed by atoms with E-state index in [4.69, 9.17) is 0 Å². The Bertz CT molecular complexity index is 970. The quantitative estimate of drug-likeness (QED) is 0.682.